The Morgan fingerprint density at radius 2 is 2.62 bits per heavy atom. The number of aromatic nitrogens is 2. The fourth-order valence-electron chi connectivity index (χ4n) is 0.480. The first-order valence-corrected chi connectivity index (χ1v) is 2.38. The van der Waals surface area contributed by atoms with Crippen LogP contribution in [0.1, 0.15) is 5.82 Å². The van der Waals surface area contributed by atoms with E-state index in [1.807, 2.05) is 0 Å². The Kier molecular flexibility index (Phi) is 1.47. The van der Waals surface area contributed by atoms with Crippen molar-refractivity contribution in [3.63, 3.8) is 0 Å². The van der Waals surface area contributed by atoms with Crippen molar-refractivity contribution in [2.24, 2.45) is 0 Å². The molecule has 8 heavy (non-hydrogen) atoms. The molecule has 0 saturated heterocycles. The number of H-pyrrole nitrogens is 1. The van der Waals surface area contributed by atoms with Crippen LogP contribution in [0.5, 0.6) is 0 Å². The number of nitrogens with zero attached hydrogens (tertiary/aromatic N) is 1. The Morgan fingerprint density at radius 1 is 1.75 bits per heavy atom. The number of rotatable bonds is 2. The summed E-state index contributed by atoms with van der Waals surface area (Å²) in [6.07, 6.45) is 6.98. The third-order valence-electron chi connectivity index (χ3n) is 0.795. The molecule has 1 aromatic rings. The summed E-state index contributed by atoms with van der Waals surface area (Å²) in [6, 6.07) is 0. The van der Waals surface area contributed by atoms with Crippen molar-refractivity contribution in [1.29, 1.82) is 0 Å². The highest BCUT2D eigenvalue weighted by atomic mass is 14.9. The highest BCUT2D eigenvalue weighted by Gasteiger charge is 1.85. The van der Waals surface area contributed by atoms with Gasteiger partial charge in [0.25, 0.3) is 0 Å². The average molecular weight is 107 g/mol. The van der Waals surface area contributed by atoms with Crippen molar-refractivity contribution in [2.45, 2.75) is 0 Å². The molecule has 0 spiro atoms. The van der Waals surface area contributed by atoms with Crippen molar-refractivity contribution < 1.29 is 0 Å². The Balaban J connectivity index is 2.62. The lowest BCUT2D eigenvalue weighted by molar-refractivity contribution is 1.19. The highest BCUT2D eigenvalue weighted by Crippen LogP contribution is 1.91. The van der Waals surface area contributed by atoms with Gasteiger partial charge in [-0.05, 0) is 0 Å². The van der Waals surface area contributed by atoms with E-state index in [2.05, 4.69) is 16.5 Å². The lowest BCUT2D eigenvalue weighted by Gasteiger charge is -1.81. The summed E-state index contributed by atoms with van der Waals surface area (Å²) < 4.78 is 0. The molecule has 1 aromatic heterocycles. The van der Waals surface area contributed by atoms with Gasteiger partial charge in [0.15, 0.2) is 0 Å². The first-order chi connectivity index (χ1) is 3.93. The molecule has 0 fully saturated rings. The standard InChI is InChI=1S/C6H7N2/c1-2-3-6-7-4-5-8-6/h2-5H,1H2,(H,7,8). The van der Waals surface area contributed by atoms with Gasteiger partial charge < -0.3 is 4.98 Å². The minimum absolute atomic E-state index is 0.847. The minimum atomic E-state index is 0.847. The van der Waals surface area contributed by atoms with E-state index in [1.165, 1.54) is 0 Å². The zero-order chi connectivity index (χ0) is 5.82. The number of hydrogen-bond donors (Lipinski definition) is 1. The van der Waals surface area contributed by atoms with E-state index in [4.69, 9.17) is 0 Å². The van der Waals surface area contributed by atoms with Gasteiger partial charge in [0.2, 0.25) is 0 Å². The summed E-state index contributed by atoms with van der Waals surface area (Å²) in [4.78, 5) is 6.82. The number of imidazole rings is 1. The van der Waals surface area contributed by atoms with Crippen LogP contribution in [0.2, 0.25) is 0 Å². The normalized spacial score (nSPS) is 9.00. The smallest absolute Gasteiger partial charge is 0.114 e. The molecule has 0 amide bonds. The molecule has 1 heterocycles. The van der Waals surface area contributed by atoms with E-state index in [0.29, 0.717) is 0 Å². The summed E-state index contributed by atoms with van der Waals surface area (Å²) >= 11 is 0. The second-order valence-corrected chi connectivity index (χ2v) is 1.38. The predicted octanol–water partition coefficient (Wildman–Crippen LogP) is 1.15. The van der Waals surface area contributed by atoms with E-state index in [9.17, 15) is 0 Å². The molecule has 0 atom stereocenters. The van der Waals surface area contributed by atoms with E-state index in [1.54, 1.807) is 24.9 Å². The van der Waals surface area contributed by atoms with E-state index in [0.717, 1.165) is 5.82 Å². The van der Waals surface area contributed by atoms with Crippen molar-refractivity contribution in [3.05, 3.63) is 37.3 Å². The fraction of sp³-hybridized carbons (Fsp3) is 0. The van der Waals surface area contributed by atoms with Crippen LogP contribution in [0.15, 0.2) is 25.0 Å². The number of hydrogen-bond acceptors (Lipinski definition) is 1. The minimum Gasteiger partial charge on any atom is -0.348 e. The molecule has 0 saturated carbocycles. The predicted molar refractivity (Wildman–Crippen MR) is 32.2 cm³/mol. The SMILES string of the molecule is C=C[CH]c1ncc[nH]1. The molecule has 0 aliphatic rings. The first-order valence-electron chi connectivity index (χ1n) is 2.38. The quantitative estimate of drug-likeness (QED) is 0.603. The average Bonchev–Trinajstić information content (AvgIpc) is 2.19. The van der Waals surface area contributed by atoms with E-state index < -0.39 is 0 Å². The van der Waals surface area contributed by atoms with Gasteiger partial charge in [-0.1, -0.05) is 6.08 Å². The van der Waals surface area contributed by atoms with Crippen LogP contribution >= 0.6 is 0 Å². The number of nitrogens with one attached hydrogen (secondary N) is 1. The number of aromatic amines is 1. The van der Waals surface area contributed by atoms with Gasteiger partial charge in [-0.2, -0.15) is 0 Å². The Hall–Kier alpha value is -1.05. The lowest BCUT2D eigenvalue weighted by Crippen LogP contribution is -1.77. The topological polar surface area (TPSA) is 28.7 Å². The van der Waals surface area contributed by atoms with Gasteiger partial charge in [-0.25, -0.2) is 4.98 Å². The Labute approximate surface area is 48.3 Å². The zero-order valence-electron chi connectivity index (χ0n) is 4.46. The van der Waals surface area contributed by atoms with Crippen molar-refractivity contribution in [1.82, 2.24) is 9.97 Å². The van der Waals surface area contributed by atoms with Gasteiger partial charge in [-0.3, -0.25) is 0 Å². The van der Waals surface area contributed by atoms with Crippen LogP contribution in [0, 0.1) is 6.42 Å². The molecule has 1 rings (SSSR count). The molecule has 0 bridgehead atoms. The van der Waals surface area contributed by atoms with E-state index >= 15 is 0 Å². The van der Waals surface area contributed by atoms with Crippen LogP contribution in [0.3, 0.4) is 0 Å². The summed E-state index contributed by atoms with van der Waals surface area (Å²) in [5.41, 5.74) is 0. The van der Waals surface area contributed by atoms with Gasteiger partial charge in [0, 0.05) is 18.8 Å². The van der Waals surface area contributed by atoms with Crippen LogP contribution in [0.4, 0.5) is 0 Å². The molecular weight excluding hydrogens is 100 g/mol. The second kappa shape index (κ2) is 2.31. The molecular formula is C6H7N2. The summed E-state index contributed by atoms with van der Waals surface area (Å²) in [6.45, 7) is 3.52. The Morgan fingerprint density at radius 3 is 3.12 bits per heavy atom. The summed E-state index contributed by atoms with van der Waals surface area (Å²) in [5, 5.41) is 0. The maximum Gasteiger partial charge on any atom is 0.114 e. The van der Waals surface area contributed by atoms with Crippen LogP contribution < -0.4 is 0 Å². The van der Waals surface area contributed by atoms with Crippen molar-refractivity contribution in [2.75, 3.05) is 0 Å². The monoisotopic (exact) mass is 107 g/mol. The number of allylic oxidation sites excluding steroid dienone is 1. The largest absolute Gasteiger partial charge is 0.348 e. The van der Waals surface area contributed by atoms with Crippen LogP contribution in [-0.2, 0) is 0 Å². The summed E-state index contributed by atoms with van der Waals surface area (Å²) in [5.74, 6) is 0.847. The van der Waals surface area contributed by atoms with Crippen LogP contribution in [-0.4, -0.2) is 9.97 Å². The molecule has 0 aliphatic heterocycles. The first kappa shape index (κ1) is 5.09. The van der Waals surface area contributed by atoms with Gasteiger partial charge in [0.05, 0.1) is 0 Å². The highest BCUT2D eigenvalue weighted by molar-refractivity contribution is 5.09. The maximum atomic E-state index is 3.92. The van der Waals surface area contributed by atoms with Crippen LogP contribution in [0.25, 0.3) is 0 Å². The molecule has 1 N–H and O–H groups in total. The molecule has 41 valence electrons. The third kappa shape index (κ3) is 0.964. The van der Waals surface area contributed by atoms with Gasteiger partial charge in [-0.15, -0.1) is 6.58 Å². The van der Waals surface area contributed by atoms with Gasteiger partial charge >= 0.3 is 0 Å². The molecule has 1 radical (unpaired) electrons. The van der Waals surface area contributed by atoms with E-state index in [-0.39, 0.29) is 0 Å². The van der Waals surface area contributed by atoms with Crippen molar-refractivity contribution in [3.8, 4) is 0 Å². The lowest BCUT2D eigenvalue weighted by atomic mass is 10.4. The third-order valence-corrected chi connectivity index (χ3v) is 0.795. The molecule has 2 heteroatoms. The maximum absolute atomic E-state index is 3.92. The second-order valence-electron chi connectivity index (χ2n) is 1.38. The summed E-state index contributed by atoms with van der Waals surface area (Å²) in [7, 11) is 0. The molecule has 2 nitrogen and oxygen atoms in total. The zero-order valence-corrected chi connectivity index (χ0v) is 4.46. The fourth-order valence-corrected chi connectivity index (χ4v) is 0.480. The van der Waals surface area contributed by atoms with Gasteiger partial charge in [0.1, 0.15) is 5.82 Å². The molecule has 0 aliphatic carbocycles. The molecule has 0 aromatic carbocycles. The molecule has 0 unspecified atom stereocenters. The Bertz CT molecular complexity index is 153. The van der Waals surface area contributed by atoms with Crippen molar-refractivity contribution >= 4 is 0 Å².